The van der Waals surface area contributed by atoms with Crippen molar-refractivity contribution in [3.8, 4) is 11.3 Å². The van der Waals surface area contributed by atoms with Crippen LogP contribution in [0.3, 0.4) is 0 Å². The molecule has 0 bridgehead atoms. The molecule has 2 aromatic rings. The molecule has 0 aliphatic heterocycles. The van der Waals surface area contributed by atoms with Crippen LogP contribution < -0.4 is 0 Å². The van der Waals surface area contributed by atoms with E-state index < -0.39 is 0 Å². The van der Waals surface area contributed by atoms with Gasteiger partial charge in [0.2, 0.25) is 0 Å². The second kappa shape index (κ2) is 4.22. The molecule has 1 aromatic heterocycles. The summed E-state index contributed by atoms with van der Waals surface area (Å²) in [5, 5.41) is 4.15. The van der Waals surface area contributed by atoms with Crippen LogP contribution in [0.4, 0.5) is 0 Å². The van der Waals surface area contributed by atoms with E-state index in [-0.39, 0.29) is 0 Å². The number of rotatable bonds is 2. The topological polar surface area (TPSA) is 34.9 Å². The Balaban J connectivity index is 2.69. The number of halogens is 1. The predicted octanol–water partition coefficient (Wildman–Crippen LogP) is 2.97. The summed E-state index contributed by atoms with van der Waals surface area (Å²) in [7, 11) is 1.83. The van der Waals surface area contributed by atoms with Crippen molar-refractivity contribution in [3.05, 3.63) is 40.0 Å². The molecule has 0 atom stereocenters. The fourth-order valence-electron chi connectivity index (χ4n) is 1.73. The van der Waals surface area contributed by atoms with Crippen molar-refractivity contribution in [1.82, 2.24) is 9.78 Å². The molecule has 2 rings (SSSR count). The van der Waals surface area contributed by atoms with Crippen LogP contribution in [-0.4, -0.2) is 16.1 Å². The monoisotopic (exact) mass is 278 g/mol. The largest absolute Gasteiger partial charge is 0.296 e. The Morgan fingerprint density at radius 3 is 2.62 bits per heavy atom. The molecule has 1 aromatic carbocycles. The number of hydrogen-bond acceptors (Lipinski definition) is 2. The first-order chi connectivity index (χ1) is 7.65. The maximum absolute atomic E-state index is 10.8. The van der Waals surface area contributed by atoms with Gasteiger partial charge in [0.1, 0.15) is 5.69 Å². The second-order valence-electron chi connectivity index (χ2n) is 3.60. The van der Waals surface area contributed by atoms with E-state index in [1.54, 1.807) is 4.68 Å². The zero-order valence-corrected chi connectivity index (χ0v) is 10.7. The van der Waals surface area contributed by atoms with E-state index in [2.05, 4.69) is 21.0 Å². The first-order valence-electron chi connectivity index (χ1n) is 4.89. The molecule has 0 unspecified atom stereocenters. The van der Waals surface area contributed by atoms with E-state index in [1.165, 1.54) is 0 Å². The molecule has 0 N–H and O–H groups in total. The van der Waals surface area contributed by atoms with Crippen LogP contribution in [0, 0.1) is 6.92 Å². The lowest BCUT2D eigenvalue weighted by molar-refractivity contribution is 0.111. The summed E-state index contributed by atoms with van der Waals surface area (Å²) in [6.07, 6.45) is 0.756. The highest BCUT2D eigenvalue weighted by atomic mass is 79.9. The summed E-state index contributed by atoms with van der Waals surface area (Å²) in [4.78, 5) is 10.8. The molecule has 0 radical (unpaired) electrons. The van der Waals surface area contributed by atoms with Gasteiger partial charge in [0, 0.05) is 12.6 Å². The molecular formula is C12H11BrN2O. The number of nitrogens with zero attached hydrogens (tertiary/aromatic N) is 2. The fraction of sp³-hybridized carbons (Fsp3) is 0.167. The summed E-state index contributed by atoms with van der Waals surface area (Å²) in [6.45, 7) is 2.04. The molecular weight excluding hydrogens is 268 g/mol. The maximum Gasteiger partial charge on any atom is 0.171 e. The normalized spacial score (nSPS) is 10.4. The minimum atomic E-state index is 0.431. The van der Waals surface area contributed by atoms with E-state index in [4.69, 9.17) is 0 Å². The average molecular weight is 279 g/mol. The van der Waals surface area contributed by atoms with Gasteiger partial charge in [0.05, 0.1) is 10.2 Å². The smallest absolute Gasteiger partial charge is 0.171 e. The number of carbonyl (C=O) groups is 1. The number of carbonyl (C=O) groups excluding carboxylic acids is 1. The van der Waals surface area contributed by atoms with E-state index in [0.717, 1.165) is 27.6 Å². The molecule has 0 aliphatic rings. The van der Waals surface area contributed by atoms with Gasteiger partial charge in [-0.2, -0.15) is 5.10 Å². The summed E-state index contributed by atoms with van der Waals surface area (Å²) in [6, 6.07) is 8.02. The maximum atomic E-state index is 10.8. The van der Waals surface area contributed by atoms with Gasteiger partial charge in [-0.1, -0.05) is 24.3 Å². The number of aldehydes is 1. The van der Waals surface area contributed by atoms with Crippen molar-refractivity contribution in [1.29, 1.82) is 0 Å². The van der Waals surface area contributed by atoms with Gasteiger partial charge in [-0.15, -0.1) is 0 Å². The highest BCUT2D eigenvalue weighted by molar-refractivity contribution is 9.10. The van der Waals surface area contributed by atoms with Gasteiger partial charge in [-0.05, 0) is 28.4 Å². The van der Waals surface area contributed by atoms with Gasteiger partial charge in [0.15, 0.2) is 6.29 Å². The minimum Gasteiger partial charge on any atom is -0.296 e. The molecule has 16 heavy (non-hydrogen) atoms. The lowest BCUT2D eigenvalue weighted by Crippen LogP contribution is -1.95. The Kier molecular flexibility index (Phi) is 2.92. The van der Waals surface area contributed by atoms with Crippen LogP contribution in [0.25, 0.3) is 11.3 Å². The van der Waals surface area contributed by atoms with Gasteiger partial charge < -0.3 is 0 Å². The third-order valence-electron chi connectivity index (χ3n) is 2.53. The molecule has 0 saturated heterocycles. The van der Waals surface area contributed by atoms with Crippen LogP contribution in [0.1, 0.15) is 16.1 Å². The summed E-state index contributed by atoms with van der Waals surface area (Å²) >= 11 is 3.42. The Hall–Kier alpha value is -1.42. The summed E-state index contributed by atoms with van der Waals surface area (Å²) < 4.78 is 2.47. The van der Waals surface area contributed by atoms with Gasteiger partial charge in [-0.25, -0.2) is 0 Å². The number of aromatic nitrogens is 2. The Morgan fingerprint density at radius 2 is 2.06 bits per heavy atom. The first kappa shape index (κ1) is 11.1. The standard InChI is InChI=1S/C12H11BrN2O/c1-8-5-3-4-6-9(8)12-11(13)10(7-16)14-15(12)2/h3-7H,1-2H3. The van der Waals surface area contributed by atoms with Crippen molar-refractivity contribution in [2.75, 3.05) is 0 Å². The van der Waals surface area contributed by atoms with Crippen LogP contribution in [0.15, 0.2) is 28.7 Å². The minimum absolute atomic E-state index is 0.431. The quantitative estimate of drug-likeness (QED) is 0.792. The lowest BCUT2D eigenvalue weighted by atomic mass is 10.1. The highest BCUT2D eigenvalue weighted by Gasteiger charge is 2.15. The third kappa shape index (κ3) is 1.69. The van der Waals surface area contributed by atoms with E-state index in [0.29, 0.717) is 5.69 Å². The van der Waals surface area contributed by atoms with Crippen LogP contribution in [0.5, 0.6) is 0 Å². The van der Waals surface area contributed by atoms with E-state index >= 15 is 0 Å². The SMILES string of the molecule is Cc1ccccc1-c1c(Br)c(C=O)nn1C. The molecule has 1 heterocycles. The van der Waals surface area contributed by atoms with Crippen LogP contribution in [-0.2, 0) is 7.05 Å². The van der Waals surface area contributed by atoms with Gasteiger partial charge >= 0.3 is 0 Å². The van der Waals surface area contributed by atoms with Crippen molar-refractivity contribution < 1.29 is 4.79 Å². The van der Waals surface area contributed by atoms with Crippen LogP contribution in [0.2, 0.25) is 0 Å². The number of benzene rings is 1. The second-order valence-corrected chi connectivity index (χ2v) is 4.40. The lowest BCUT2D eigenvalue weighted by Gasteiger charge is -2.06. The third-order valence-corrected chi connectivity index (χ3v) is 3.31. The fourth-order valence-corrected chi connectivity index (χ4v) is 2.37. The van der Waals surface area contributed by atoms with E-state index in [1.807, 2.05) is 38.2 Å². The summed E-state index contributed by atoms with van der Waals surface area (Å²) in [5.41, 5.74) is 3.60. The van der Waals surface area contributed by atoms with Crippen molar-refractivity contribution in [2.24, 2.45) is 7.05 Å². The Morgan fingerprint density at radius 1 is 1.38 bits per heavy atom. The predicted molar refractivity (Wildman–Crippen MR) is 66.5 cm³/mol. The zero-order valence-electron chi connectivity index (χ0n) is 9.07. The molecule has 4 heteroatoms. The zero-order chi connectivity index (χ0) is 11.7. The number of hydrogen-bond donors (Lipinski definition) is 0. The number of aryl methyl sites for hydroxylation is 2. The van der Waals surface area contributed by atoms with Crippen molar-refractivity contribution in [3.63, 3.8) is 0 Å². The Bertz CT molecular complexity index is 546. The molecule has 0 saturated carbocycles. The van der Waals surface area contributed by atoms with Crippen LogP contribution >= 0.6 is 15.9 Å². The molecule has 82 valence electrons. The first-order valence-corrected chi connectivity index (χ1v) is 5.68. The molecule has 0 spiro atoms. The molecule has 3 nitrogen and oxygen atoms in total. The van der Waals surface area contributed by atoms with Gasteiger partial charge in [0.25, 0.3) is 0 Å². The molecule has 0 aliphatic carbocycles. The highest BCUT2D eigenvalue weighted by Crippen LogP contribution is 2.31. The average Bonchev–Trinajstić information content (AvgIpc) is 2.55. The van der Waals surface area contributed by atoms with Crippen molar-refractivity contribution in [2.45, 2.75) is 6.92 Å². The van der Waals surface area contributed by atoms with E-state index in [9.17, 15) is 4.79 Å². The van der Waals surface area contributed by atoms with Gasteiger partial charge in [-0.3, -0.25) is 9.48 Å². The molecule has 0 fully saturated rings. The van der Waals surface area contributed by atoms with Crippen molar-refractivity contribution >= 4 is 22.2 Å². The summed E-state index contributed by atoms with van der Waals surface area (Å²) in [5.74, 6) is 0. The molecule has 0 amide bonds. The Labute approximate surface area is 102 Å².